The second-order valence-corrected chi connectivity index (χ2v) is 11.0. The molecule has 2 heterocycles. The molecular formula is C31H30F2N6O4. The van der Waals surface area contributed by atoms with E-state index in [-0.39, 0.29) is 22.8 Å². The monoisotopic (exact) mass is 588 g/mol. The van der Waals surface area contributed by atoms with Crippen LogP contribution >= 0.6 is 0 Å². The molecule has 1 fully saturated rings. The third-order valence-corrected chi connectivity index (χ3v) is 7.82. The van der Waals surface area contributed by atoms with Crippen molar-refractivity contribution in [3.63, 3.8) is 0 Å². The number of aromatic nitrogens is 2. The molecule has 5 N–H and O–H groups in total. The van der Waals surface area contributed by atoms with Gasteiger partial charge >= 0.3 is 0 Å². The highest BCUT2D eigenvalue weighted by Gasteiger charge is 2.49. The summed E-state index contributed by atoms with van der Waals surface area (Å²) in [7, 11) is 1.77. The number of pyridine rings is 2. The molecule has 4 aromatic rings. The number of hydrogen-bond acceptors (Lipinski definition) is 8. The largest absolute Gasteiger partial charge is 0.359 e. The standard InChI is InChI=1S/C31H30F2N6O4/c1-30(2,36-26-24(32)14-20(16-34-26)28(40)37-42)22-8-4-6-18(12-22)19-7-5-9-23(13-19)31(10-11-31)39(3)27-25(33)15-21(17-35-27)29(41)38-43/h4-9,12-17,42-43H,10-11H2,1-3H3,(H,34,36)(H,37,40)(H,38,41). The van der Waals surface area contributed by atoms with Gasteiger partial charge in [-0.05, 0) is 73.2 Å². The molecule has 1 aliphatic carbocycles. The zero-order chi connectivity index (χ0) is 30.9. The van der Waals surface area contributed by atoms with Crippen LogP contribution in [-0.4, -0.2) is 39.2 Å². The van der Waals surface area contributed by atoms with Crippen LogP contribution in [0.2, 0.25) is 0 Å². The van der Waals surface area contributed by atoms with E-state index in [4.69, 9.17) is 10.4 Å². The average molecular weight is 589 g/mol. The molecule has 0 unspecified atom stereocenters. The highest BCUT2D eigenvalue weighted by Crippen LogP contribution is 2.52. The summed E-state index contributed by atoms with van der Waals surface area (Å²) < 4.78 is 29.7. The van der Waals surface area contributed by atoms with Crippen LogP contribution in [0.15, 0.2) is 73.1 Å². The van der Waals surface area contributed by atoms with Crippen molar-refractivity contribution in [3.8, 4) is 11.1 Å². The van der Waals surface area contributed by atoms with Crippen LogP contribution in [0.25, 0.3) is 11.1 Å². The van der Waals surface area contributed by atoms with Gasteiger partial charge in [-0.3, -0.25) is 20.0 Å². The van der Waals surface area contributed by atoms with E-state index in [2.05, 4.69) is 21.4 Å². The first-order valence-electron chi connectivity index (χ1n) is 13.4. The molecule has 5 rings (SSSR count). The van der Waals surface area contributed by atoms with Crippen molar-refractivity contribution in [2.45, 2.75) is 37.8 Å². The van der Waals surface area contributed by atoms with Crippen molar-refractivity contribution in [1.29, 1.82) is 0 Å². The molecular weight excluding hydrogens is 558 g/mol. The van der Waals surface area contributed by atoms with Gasteiger partial charge in [0.1, 0.15) is 0 Å². The molecule has 2 aromatic carbocycles. The predicted octanol–water partition coefficient (Wildman–Crippen LogP) is 5.13. The van der Waals surface area contributed by atoms with E-state index < -0.39 is 34.5 Å². The Hall–Kier alpha value is -4.94. The first-order chi connectivity index (χ1) is 20.5. The Kier molecular flexibility index (Phi) is 7.82. The van der Waals surface area contributed by atoms with E-state index in [1.807, 2.05) is 56.3 Å². The number of nitrogens with one attached hydrogen (secondary N) is 3. The summed E-state index contributed by atoms with van der Waals surface area (Å²) in [5.74, 6) is -3.08. The highest BCUT2D eigenvalue weighted by molar-refractivity contribution is 5.93. The molecule has 1 aliphatic rings. The lowest BCUT2D eigenvalue weighted by Crippen LogP contribution is -2.33. The molecule has 0 bridgehead atoms. The second-order valence-electron chi connectivity index (χ2n) is 11.0. The molecule has 1 saturated carbocycles. The lowest BCUT2D eigenvalue weighted by Gasteiger charge is -2.30. The van der Waals surface area contributed by atoms with Crippen LogP contribution in [0.1, 0.15) is 58.5 Å². The quantitative estimate of drug-likeness (QED) is 0.134. The minimum Gasteiger partial charge on any atom is -0.359 e. The zero-order valence-corrected chi connectivity index (χ0v) is 23.7. The number of amides is 2. The summed E-state index contributed by atoms with van der Waals surface area (Å²) >= 11 is 0. The Balaban J connectivity index is 1.40. The number of hydrogen-bond donors (Lipinski definition) is 5. The molecule has 0 saturated heterocycles. The maximum absolute atomic E-state index is 15.0. The Morgan fingerprint density at radius 1 is 0.860 bits per heavy atom. The lowest BCUT2D eigenvalue weighted by atomic mass is 9.90. The van der Waals surface area contributed by atoms with E-state index >= 15 is 0 Å². The Labute approximate surface area is 246 Å². The number of hydroxylamine groups is 2. The summed E-state index contributed by atoms with van der Waals surface area (Å²) in [5, 5.41) is 20.7. The minimum absolute atomic E-state index is 0.0449. The number of carbonyl (C=O) groups is 2. The lowest BCUT2D eigenvalue weighted by molar-refractivity contribution is 0.0701. The molecule has 0 spiro atoms. The SMILES string of the molecule is CN(c1ncc(C(=O)NO)cc1F)C1(c2cccc(-c3cccc(C(C)(C)Nc4ncc(C(=O)NO)cc4F)c3)c2)CC1. The van der Waals surface area contributed by atoms with Crippen molar-refractivity contribution in [2.75, 3.05) is 17.3 Å². The second kappa shape index (κ2) is 11.4. The Morgan fingerprint density at radius 3 is 2.02 bits per heavy atom. The van der Waals surface area contributed by atoms with Gasteiger partial charge < -0.3 is 10.2 Å². The van der Waals surface area contributed by atoms with Crippen LogP contribution in [-0.2, 0) is 11.1 Å². The van der Waals surface area contributed by atoms with E-state index in [1.165, 1.54) is 23.4 Å². The zero-order valence-electron chi connectivity index (χ0n) is 23.7. The average Bonchev–Trinajstić information content (AvgIpc) is 3.83. The van der Waals surface area contributed by atoms with E-state index in [1.54, 1.807) is 11.9 Å². The number of benzene rings is 2. The molecule has 0 atom stereocenters. The fraction of sp³-hybridized carbons (Fsp3) is 0.226. The number of rotatable bonds is 9. The molecule has 12 heteroatoms. The van der Waals surface area contributed by atoms with Crippen LogP contribution in [0.5, 0.6) is 0 Å². The van der Waals surface area contributed by atoms with Gasteiger partial charge in [0.2, 0.25) is 0 Å². The smallest absolute Gasteiger partial charge is 0.276 e. The minimum atomic E-state index is -0.863. The van der Waals surface area contributed by atoms with Gasteiger partial charge in [0.25, 0.3) is 11.8 Å². The molecule has 2 amide bonds. The van der Waals surface area contributed by atoms with Crippen LogP contribution in [0, 0.1) is 11.6 Å². The maximum Gasteiger partial charge on any atom is 0.276 e. The predicted molar refractivity (Wildman–Crippen MR) is 155 cm³/mol. The fourth-order valence-electron chi connectivity index (χ4n) is 5.17. The van der Waals surface area contributed by atoms with Crippen LogP contribution in [0.3, 0.4) is 0 Å². The first kappa shape index (κ1) is 29.5. The number of nitrogens with zero attached hydrogens (tertiary/aromatic N) is 3. The third kappa shape index (κ3) is 5.74. The highest BCUT2D eigenvalue weighted by atomic mass is 19.1. The van der Waals surface area contributed by atoms with Crippen molar-refractivity contribution in [1.82, 2.24) is 20.9 Å². The molecule has 0 aliphatic heterocycles. The van der Waals surface area contributed by atoms with Crippen molar-refractivity contribution in [2.24, 2.45) is 0 Å². The number of anilines is 2. The maximum atomic E-state index is 15.0. The molecule has 2 aromatic heterocycles. The van der Waals surface area contributed by atoms with Gasteiger partial charge in [0.15, 0.2) is 23.3 Å². The van der Waals surface area contributed by atoms with Gasteiger partial charge in [-0.2, -0.15) is 0 Å². The van der Waals surface area contributed by atoms with E-state index in [0.717, 1.165) is 47.2 Å². The van der Waals surface area contributed by atoms with Crippen LogP contribution in [0.4, 0.5) is 20.4 Å². The summed E-state index contributed by atoms with van der Waals surface area (Å²) in [6, 6.07) is 17.8. The third-order valence-electron chi connectivity index (χ3n) is 7.82. The molecule has 43 heavy (non-hydrogen) atoms. The summed E-state index contributed by atoms with van der Waals surface area (Å²) in [4.78, 5) is 33.2. The van der Waals surface area contributed by atoms with Crippen LogP contribution < -0.4 is 21.2 Å². The van der Waals surface area contributed by atoms with Crippen molar-refractivity contribution in [3.05, 3.63) is 107 Å². The number of carbonyl (C=O) groups excluding carboxylic acids is 2. The van der Waals surface area contributed by atoms with Crippen molar-refractivity contribution < 1.29 is 28.8 Å². The Bertz CT molecular complexity index is 1710. The summed E-state index contributed by atoms with van der Waals surface area (Å²) in [6.07, 6.45) is 3.94. The topological polar surface area (TPSA) is 140 Å². The molecule has 222 valence electrons. The van der Waals surface area contributed by atoms with Gasteiger partial charge in [-0.15, -0.1) is 0 Å². The normalized spacial score (nSPS) is 13.7. The van der Waals surface area contributed by atoms with Gasteiger partial charge in [-0.1, -0.05) is 36.4 Å². The van der Waals surface area contributed by atoms with E-state index in [0.29, 0.717) is 0 Å². The molecule has 10 nitrogen and oxygen atoms in total. The molecule has 0 radical (unpaired) electrons. The summed E-state index contributed by atoms with van der Waals surface area (Å²) in [6.45, 7) is 3.76. The summed E-state index contributed by atoms with van der Waals surface area (Å²) in [5.41, 5.74) is 5.16. The first-order valence-corrected chi connectivity index (χ1v) is 13.4. The Morgan fingerprint density at radius 2 is 1.44 bits per heavy atom. The van der Waals surface area contributed by atoms with Gasteiger partial charge in [-0.25, -0.2) is 29.7 Å². The fourth-order valence-corrected chi connectivity index (χ4v) is 5.17. The van der Waals surface area contributed by atoms with Gasteiger partial charge in [0, 0.05) is 19.4 Å². The van der Waals surface area contributed by atoms with Gasteiger partial charge in [0.05, 0.1) is 22.2 Å². The van der Waals surface area contributed by atoms with E-state index in [9.17, 15) is 18.4 Å². The van der Waals surface area contributed by atoms with Crippen molar-refractivity contribution >= 4 is 23.5 Å². The number of halogens is 2.